The summed E-state index contributed by atoms with van der Waals surface area (Å²) in [6, 6.07) is 6.93. The summed E-state index contributed by atoms with van der Waals surface area (Å²) in [6.07, 6.45) is 0. The Bertz CT molecular complexity index is 476. The van der Waals surface area contributed by atoms with Crippen LogP contribution < -0.4 is 9.80 Å². The number of piperazine rings is 1. The van der Waals surface area contributed by atoms with Gasteiger partial charge in [0.1, 0.15) is 39.3 Å². The molecule has 1 fully saturated rings. The number of quaternary nitrogens is 2. The van der Waals surface area contributed by atoms with Crippen molar-refractivity contribution >= 4 is 5.69 Å². The fourth-order valence-electron chi connectivity index (χ4n) is 2.84. The SMILES string of the molecule is O=[N+]([O-])c1cccc(C[NH+]2CC[NH+](CCOCCO)CC2)c1. The summed E-state index contributed by atoms with van der Waals surface area (Å²) in [5.41, 5.74) is 1.20. The van der Waals surface area contributed by atoms with E-state index in [1.807, 2.05) is 6.07 Å². The second-order valence-corrected chi connectivity index (χ2v) is 5.69. The maximum Gasteiger partial charge on any atom is 0.269 e. The van der Waals surface area contributed by atoms with Crippen LogP contribution in [0.4, 0.5) is 5.69 Å². The Morgan fingerprint density at radius 2 is 1.91 bits per heavy atom. The Balaban J connectivity index is 1.73. The van der Waals surface area contributed by atoms with Gasteiger partial charge in [-0.05, 0) is 0 Å². The molecule has 1 aromatic carbocycles. The molecule has 0 aliphatic carbocycles. The Labute approximate surface area is 130 Å². The highest BCUT2D eigenvalue weighted by atomic mass is 16.6. The number of hydrogen-bond acceptors (Lipinski definition) is 4. The number of nitro benzene ring substituents is 1. The molecule has 0 saturated carbocycles. The average Bonchev–Trinajstić information content (AvgIpc) is 2.53. The molecule has 7 nitrogen and oxygen atoms in total. The van der Waals surface area contributed by atoms with Crippen molar-refractivity contribution in [2.45, 2.75) is 6.54 Å². The summed E-state index contributed by atoms with van der Waals surface area (Å²) in [7, 11) is 0. The fourth-order valence-corrected chi connectivity index (χ4v) is 2.84. The van der Waals surface area contributed by atoms with Gasteiger partial charge in [-0.25, -0.2) is 0 Å². The van der Waals surface area contributed by atoms with Gasteiger partial charge in [0.25, 0.3) is 5.69 Å². The van der Waals surface area contributed by atoms with Gasteiger partial charge in [0.2, 0.25) is 0 Å². The summed E-state index contributed by atoms with van der Waals surface area (Å²) < 4.78 is 5.30. The summed E-state index contributed by atoms with van der Waals surface area (Å²) in [5, 5.41) is 19.5. The summed E-state index contributed by atoms with van der Waals surface area (Å²) >= 11 is 0. The van der Waals surface area contributed by atoms with Crippen LogP contribution in [0.25, 0.3) is 0 Å². The minimum Gasteiger partial charge on any atom is -0.394 e. The number of nitrogens with zero attached hydrogens (tertiary/aromatic N) is 1. The minimum atomic E-state index is -0.340. The van der Waals surface area contributed by atoms with Gasteiger partial charge in [-0.2, -0.15) is 0 Å². The highest BCUT2D eigenvalue weighted by Gasteiger charge is 2.23. The highest BCUT2D eigenvalue weighted by Crippen LogP contribution is 2.12. The third kappa shape index (κ3) is 5.34. The van der Waals surface area contributed by atoms with Crippen molar-refractivity contribution in [2.75, 3.05) is 52.5 Å². The smallest absolute Gasteiger partial charge is 0.269 e. The third-order valence-electron chi connectivity index (χ3n) is 4.08. The van der Waals surface area contributed by atoms with Crippen LogP contribution in [0.5, 0.6) is 0 Å². The normalized spacial score (nSPS) is 21.7. The van der Waals surface area contributed by atoms with E-state index in [9.17, 15) is 10.1 Å². The summed E-state index contributed by atoms with van der Waals surface area (Å²) in [4.78, 5) is 13.5. The average molecular weight is 311 g/mol. The molecular formula is C15H25N3O4+2. The number of ether oxygens (including phenoxy) is 1. The van der Waals surface area contributed by atoms with Crippen LogP contribution in [-0.2, 0) is 11.3 Å². The first-order valence-corrected chi connectivity index (χ1v) is 7.78. The number of nitro groups is 1. The first-order chi connectivity index (χ1) is 10.7. The molecule has 0 spiro atoms. The Morgan fingerprint density at radius 3 is 2.59 bits per heavy atom. The Kier molecular flexibility index (Phi) is 6.73. The van der Waals surface area contributed by atoms with Crippen LogP contribution in [0.1, 0.15) is 5.56 Å². The highest BCUT2D eigenvalue weighted by molar-refractivity contribution is 5.33. The molecule has 122 valence electrons. The minimum absolute atomic E-state index is 0.0798. The van der Waals surface area contributed by atoms with E-state index in [4.69, 9.17) is 9.84 Å². The van der Waals surface area contributed by atoms with Crippen molar-refractivity contribution in [3.8, 4) is 0 Å². The molecule has 1 aliphatic rings. The predicted octanol–water partition coefficient (Wildman–Crippen LogP) is -2.11. The maximum absolute atomic E-state index is 10.8. The van der Waals surface area contributed by atoms with Crippen LogP contribution in [0.15, 0.2) is 24.3 Å². The van der Waals surface area contributed by atoms with Crippen LogP contribution in [0.2, 0.25) is 0 Å². The molecule has 1 heterocycles. The van der Waals surface area contributed by atoms with Crippen LogP contribution in [-0.4, -0.2) is 62.6 Å². The Hall–Kier alpha value is -1.54. The molecule has 0 radical (unpaired) electrons. The molecule has 0 amide bonds. The van der Waals surface area contributed by atoms with Gasteiger partial charge in [0.05, 0.1) is 24.7 Å². The molecule has 22 heavy (non-hydrogen) atoms. The van der Waals surface area contributed by atoms with E-state index in [1.165, 1.54) is 15.9 Å². The van der Waals surface area contributed by atoms with Crippen molar-refractivity contribution in [2.24, 2.45) is 0 Å². The zero-order valence-electron chi connectivity index (χ0n) is 12.8. The summed E-state index contributed by atoms with van der Waals surface area (Å²) in [6.45, 7) is 7.32. The standard InChI is InChI=1S/C15H23N3O4/c19-9-11-22-10-8-16-4-6-17(7-5-16)13-14-2-1-3-15(12-14)18(20)21/h1-3,12,19H,4-11,13H2/p+2. The van der Waals surface area contributed by atoms with E-state index in [0.717, 1.165) is 44.8 Å². The third-order valence-corrected chi connectivity index (χ3v) is 4.08. The molecule has 0 atom stereocenters. The zero-order valence-corrected chi connectivity index (χ0v) is 12.8. The van der Waals surface area contributed by atoms with Gasteiger partial charge < -0.3 is 19.6 Å². The molecule has 3 N–H and O–H groups in total. The van der Waals surface area contributed by atoms with E-state index in [0.29, 0.717) is 13.2 Å². The van der Waals surface area contributed by atoms with Gasteiger partial charge in [0, 0.05) is 17.7 Å². The molecule has 0 aromatic heterocycles. The lowest BCUT2D eigenvalue weighted by Crippen LogP contribution is -3.27. The predicted molar refractivity (Wildman–Crippen MR) is 81.0 cm³/mol. The lowest BCUT2D eigenvalue weighted by molar-refractivity contribution is -1.02. The monoisotopic (exact) mass is 311 g/mol. The van der Waals surface area contributed by atoms with Crippen molar-refractivity contribution in [1.29, 1.82) is 0 Å². The molecule has 1 saturated heterocycles. The van der Waals surface area contributed by atoms with Crippen molar-refractivity contribution in [1.82, 2.24) is 0 Å². The number of rotatable bonds is 8. The molecule has 7 heteroatoms. The van der Waals surface area contributed by atoms with Gasteiger partial charge in [-0.3, -0.25) is 10.1 Å². The number of benzene rings is 1. The van der Waals surface area contributed by atoms with E-state index in [-0.39, 0.29) is 17.2 Å². The lowest BCUT2D eigenvalue weighted by Gasteiger charge is -2.29. The van der Waals surface area contributed by atoms with Crippen molar-refractivity contribution < 1.29 is 24.6 Å². The first kappa shape index (κ1) is 16.8. The molecule has 2 rings (SSSR count). The largest absolute Gasteiger partial charge is 0.394 e. The van der Waals surface area contributed by atoms with Crippen LogP contribution in [0.3, 0.4) is 0 Å². The lowest BCUT2D eigenvalue weighted by atomic mass is 10.1. The van der Waals surface area contributed by atoms with Gasteiger partial charge in [-0.15, -0.1) is 0 Å². The number of nitrogens with one attached hydrogen (secondary N) is 2. The quantitative estimate of drug-likeness (QED) is 0.291. The number of aliphatic hydroxyl groups is 1. The van der Waals surface area contributed by atoms with E-state index in [1.54, 1.807) is 12.1 Å². The van der Waals surface area contributed by atoms with Crippen molar-refractivity contribution in [3.05, 3.63) is 39.9 Å². The number of aliphatic hydroxyl groups excluding tert-OH is 1. The molecule has 0 unspecified atom stereocenters. The van der Waals surface area contributed by atoms with Gasteiger partial charge in [0.15, 0.2) is 0 Å². The molecule has 1 aromatic rings. The van der Waals surface area contributed by atoms with Crippen molar-refractivity contribution in [3.63, 3.8) is 0 Å². The fraction of sp³-hybridized carbons (Fsp3) is 0.600. The van der Waals surface area contributed by atoms with Crippen LogP contribution in [0, 0.1) is 10.1 Å². The van der Waals surface area contributed by atoms with E-state index < -0.39 is 0 Å². The topological polar surface area (TPSA) is 81.5 Å². The first-order valence-electron chi connectivity index (χ1n) is 7.78. The van der Waals surface area contributed by atoms with E-state index >= 15 is 0 Å². The zero-order chi connectivity index (χ0) is 15.8. The Morgan fingerprint density at radius 1 is 1.18 bits per heavy atom. The van der Waals surface area contributed by atoms with Crippen LogP contribution >= 0.6 is 0 Å². The second-order valence-electron chi connectivity index (χ2n) is 5.69. The number of non-ortho nitro benzene ring substituents is 1. The number of hydrogen-bond donors (Lipinski definition) is 3. The van der Waals surface area contributed by atoms with Gasteiger partial charge >= 0.3 is 0 Å². The van der Waals surface area contributed by atoms with E-state index in [2.05, 4.69) is 0 Å². The second kappa shape index (κ2) is 8.79. The molecular weight excluding hydrogens is 286 g/mol. The summed E-state index contributed by atoms with van der Waals surface area (Å²) in [5.74, 6) is 0. The molecule has 1 aliphatic heterocycles. The maximum atomic E-state index is 10.8. The van der Waals surface area contributed by atoms with Gasteiger partial charge in [-0.1, -0.05) is 12.1 Å². The molecule has 0 bridgehead atoms.